The fourth-order valence-corrected chi connectivity index (χ4v) is 2.47. The van der Waals surface area contributed by atoms with Crippen molar-refractivity contribution in [3.63, 3.8) is 0 Å². The summed E-state index contributed by atoms with van der Waals surface area (Å²) in [6.45, 7) is -0.766. The second kappa shape index (κ2) is 10.0. The van der Waals surface area contributed by atoms with Gasteiger partial charge in [-0.1, -0.05) is 11.6 Å². The molecule has 0 heterocycles. The van der Waals surface area contributed by atoms with Gasteiger partial charge >= 0.3 is 5.97 Å². The third kappa shape index (κ3) is 5.90. The molecular weight excluding hydrogens is 404 g/mol. The Morgan fingerprint density at radius 3 is 2.66 bits per heavy atom. The summed E-state index contributed by atoms with van der Waals surface area (Å²) in [5, 5.41) is 34.0. The number of rotatable bonds is 8. The lowest BCUT2D eigenvalue weighted by Gasteiger charge is -2.11. The van der Waals surface area contributed by atoms with Gasteiger partial charge in [0.2, 0.25) is 0 Å². The minimum absolute atomic E-state index is 0.109. The number of nitro benzene ring substituents is 1. The molecule has 0 saturated carbocycles. The van der Waals surface area contributed by atoms with Gasteiger partial charge in [0.1, 0.15) is 6.07 Å². The van der Waals surface area contributed by atoms with Gasteiger partial charge in [-0.2, -0.15) is 5.26 Å². The maximum Gasteiger partial charge on any atom is 0.341 e. The van der Waals surface area contributed by atoms with Crippen molar-refractivity contribution in [2.24, 2.45) is 0 Å². The molecule has 10 nitrogen and oxygen atoms in total. The lowest BCUT2D eigenvalue weighted by molar-refractivity contribution is -0.384. The third-order valence-electron chi connectivity index (χ3n) is 3.57. The van der Waals surface area contributed by atoms with Crippen molar-refractivity contribution in [1.82, 2.24) is 0 Å². The molecule has 0 unspecified atom stereocenters. The maximum absolute atomic E-state index is 12.3. The first kappa shape index (κ1) is 21.6. The van der Waals surface area contributed by atoms with Crippen LogP contribution in [0.2, 0.25) is 5.02 Å². The molecule has 0 atom stereocenters. The molecule has 0 bridgehead atoms. The smallest absolute Gasteiger partial charge is 0.341 e. The Kier molecular flexibility index (Phi) is 7.47. The van der Waals surface area contributed by atoms with Crippen LogP contribution in [0.15, 0.2) is 36.4 Å². The number of non-ortho nitro benzene ring substituents is 1. The number of benzene rings is 2. The SMILES string of the molecule is N#Cc1ccc(NC(=O)COC(=O)c2cc([N+](=O)[O-])ccc2NCCO)cc1Cl. The number of nitriles is 1. The van der Waals surface area contributed by atoms with E-state index in [0.717, 1.165) is 6.07 Å². The van der Waals surface area contributed by atoms with Gasteiger partial charge in [-0.3, -0.25) is 14.9 Å². The first-order valence-corrected chi connectivity index (χ1v) is 8.53. The van der Waals surface area contributed by atoms with Gasteiger partial charge in [-0.25, -0.2) is 4.79 Å². The lowest BCUT2D eigenvalue weighted by atomic mass is 10.1. The second-order valence-electron chi connectivity index (χ2n) is 5.57. The molecule has 0 radical (unpaired) electrons. The van der Waals surface area contributed by atoms with Crippen LogP contribution in [0.4, 0.5) is 17.1 Å². The largest absolute Gasteiger partial charge is 0.452 e. The number of hydrogen-bond acceptors (Lipinski definition) is 8. The average molecular weight is 419 g/mol. The van der Waals surface area contributed by atoms with Crippen LogP contribution in [-0.2, 0) is 9.53 Å². The highest BCUT2D eigenvalue weighted by Crippen LogP contribution is 2.23. The molecule has 2 aromatic carbocycles. The molecule has 1 amide bonds. The highest BCUT2D eigenvalue weighted by Gasteiger charge is 2.19. The first-order chi connectivity index (χ1) is 13.8. The number of aliphatic hydroxyl groups excluding tert-OH is 1. The van der Waals surface area contributed by atoms with Crippen molar-refractivity contribution in [1.29, 1.82) is 5.26 Å². The van der Waals surface area contributed by atoms with Gasteiger partial charge in [0.05, 0.1) is 27.7 Å². The fraction of sp³-hybridized carbons (Fsp3) is 0.167. The van der Waals surface area contributed by atoms with Crippen LogP contribution in [0, 0.1) is 21.4 Å². The van der Waals surface area contributed by atoms with Crippen molar-refractivity contribution in [3.05, 3.63) is 62.7 Å². The fourth-order valence-electron chi connectivity index (χ4n) is 2.25. The number of nitrogens with one attached hydrogen (secondary N) is 2. The van der Waals surface area contributed by atoms with Gasteiger partial charge in [0.15, 0.2) is 6.61 Å². The summed E-state index contributed by atoms with van der Waals surface area (Å²) >= 11 is 5.88. The number of anilines is 2. The van der Waals surface area contributed by atoms with E-state index in [-0.39, 0.29) is 40.7 Å². The van der Waals surface area contributed by atoms with Crippen LogP contribution in [0.1, 0.15) is 15.9 Å². The summed E-state index contributed by atoms with van der Waals surface area (Å²) in [6.07, 6.45) is 0. The van der Waals surface area contributed by atoms with Crippen LogP contribution in [0.5, 0.6) is 0 Å². The van der Waals surface area contributed by atoms with Gasteiger partial charge in [0, 0.05) is 30.1 Å². The molecule has 0 aliphatic carbocycles. The monoisotopic (exact) mass is 418 g/mol. The van der Waals surface area contributed by atoms with E-state index >= 15 is 0 Å². The van der Waals surface area contributed by atoms with E-state index in [1.165, 1.54) is 30.3 Å². The minimum atomic E-state index is -0.956. The quantitative estimate of drug-likeness (QED) is 0.335. The molecular formula is C18H15ClN4O6. The van der Waals surface area contributed by atoms with E-state index < -0.39 is 23.4 Å². The van der Waals surface area contributed by atoms with Crippen molar-refractivity contribution in [3.8, 4) is 6.07 Å². The van der Waals surface area contributed by atoms with E-state index in [1.807, 2.05) is 6.07 Å². The van der Waals surface area contributed by atoms with E-state index in [9.17, 15) is 19.7 Å². The number of hydrogen-bond donors (Lipinski definition) is 3. The van der Waals surface area contributed by atoms with Gasteiger partial charge in [-0.05, 0) is 24.3 Å². The number of halogens is 1. The molecule has 0 saturated heterocycles. The molecule has 0 fully saturated rings. The zero-order valence-corrected chi connectivity index (χ0v) is 15.6. The molecule has 3 N–H and O–H groups in total. The minimum Gasteiger partial charge on any atom is -0.452 e. The summed E-state index contributed by atoms with van der Waals surface area (Å²) in [6, 6.07) is 9.65. The Morgan fingerprint density at radius 1 is 1.28 bits per heavy atom. The van der Waals surface area contributed by atoms with Crippen LogP contribution < -0.4 is 10.6 Å². The standard InChI is InChI=1S/C18H15ClN4O6/c19-15-7-12(2-1-11(15)9-20)22-17(25)10-29-18(26)14-8-13(23(27)28)3-4-16(14)21-5-6-24/h1-4,7-8,21,24H,5-6,10H2,(H,22,25). The summed E-state index contributed by atoms with van der Waals surface area (Å²) < 4.78 is 4.93. The molecule has 0 spiro atoms. The topological polar surface area (TPSA) is 155 Å². The van der Waals surface area contributed by atoms with Crippen LogP contribution in [0.25, 0.3) is 0 Å². The van der Waals surface area contributed by atoms with Crippen LogP contribution in [0.3, 0.4) is 0 Å². The summed E-state index contributed by atoms with van der Waals surface area (Å²) in [7, 11) is 0. The normalized spacial score (nSPS) is 9.97. The second-order valence-corrected chi connectivity index (χ2v) is 5.98. The van der Waals surface area contributed by atoms with E-state index in [4.69, 9.17) is 26.7 Å². The van der Waals surface area contributed by atoms with E-state index in [1.54, 1.807) is 0 Å². The molecule has 11 heteroatoms. The summed E-state index contributed by atoms with van der Waals surface area (Å²) in [5.41, 5.74) is 0.277. The highest BCUT2D eigenvalue weighted by atomic mass is 35.5. The van der Waals surface area contributed by atoms with Crippen molar-refractivity contribution < 1.29 is 24.4 Å². The molecule has 150 valence electrons. The Morgan fingerprint density at radius 2 is 2.03 bits per heavy atom. The van der Waals surface area contributed by atoms with Crippen molar-refractivity contribution >= 4 is 40.5 Å². The number of esters is 1. The summed E-state index contributed by atoms with van der Waals surface area (Å²) in [4.78, 5) is 34.6. The molecule has 0 aliphatic heterocycles. The molecule has 29 heavy (non-hydrogen) atoms. The number of amides is 1. The van der Waals surface area contributed by atoms with E-state index in [2.05, 4.69) is 10.6 Å². The van der Waals surface area contributed by atoms with Crippen molar-refractivity contribution in [2.45, 2.75) is 0 Å². The molecule has 2 rings (SSSR count). The molecule has 0 aromatic heterocycles. The first-order valence-electron chi connectivity index (χ1n) is 8.15. The number of carbonyl (C=O) groups excluding carboxylic acids is 2. The Balaban J connectivity index is 2.06. The predicted octanol–water partition coefficient (Wildman–Crippen LogP) is 2.32. The Hall–Kier alpha value is -3.68. The molecule has 2 aromatic rings. The predicted molar refractivity (Wildman–Crippen MR) is 104 cm³/mol. The Labute approximate surface area is 169 Å². The average Bonchev–Trinajstić information content (AvgIpc) is 2.70. The number of ether oxygens (including phenoxy) is 1. The van der Waals surface area contributed by atoms with Gasteiger partial charge in [0.25, 0.3) is 11.6 Å². The maximum atomic E-state index is 12.3. The number of nitrogens with zero attached hydrogens (tertiary/aromatic N) is 2. The number of aliphatic hydroxyl groups is 1. The third-order valence-corrected chi connectivity index (χ3v) is 3.88. The summed E-state index contributed by atoms with van der Waals surface area (Å²) in [5.74, 6) is -1.63. The van der Waals surface area contributed by atoms with Gasteiger partial charge < -0.3 is 20.5 Å². The van der Waals surface area contributed by atoms with Crippen LogP contribution >= 0.6 is 11.6 Å². The number of carbonyl (C=O) groups is 2. The zero-order chi connectivity index (χ0) is 21.4. The zero-order valence-electron chi connectivity index (χ0n) is 14.8. The van der Waals surface area contributed by atoms with Crippen LogP contribution in [-0.4, -0.2) is 41.7 Å². The molecule has 0 aliphatic rings. The highest BCUT2D eigenvalue weighted by molar-refractivity contribution is 6.32. The van der Waals surface area contributed by atoms with Gasteiger partial charge in [-0.15, -0.1) is 0 Å². The van der Waals surface area contributed by atoms with E-state index in [0.29, 0.717) is 5.69 Å². The lowest BCUT2D eigenvalue weighted by Crippen LogP contribution is -2.21. The number of nitro groups is 1. The van der Waals surface area contributed by atoms with Crippen molar-refractivity contribution in [2.75, 3.05) is 30.4 Å². The Bertz CT molecular complexity index is 989.